The van der Waals surface area contributed by atoms with Gasteiger partial charge in [-0.2, -0.15) is 5.10 Å². The Bertz CT molecular complexity index is 1720. The summed E-state index contributed by atoms with van der Waals surface area (Å²) in [4.78, 5) is 38.9. The molecule has 13 heteroatoms. The Morgan fingerprint density at radius 1 is 1.18 bits per heavy atom. The van der Waals surface area contributed by atoms with Crippen LogP contribution in [0.15, 0.2) is 30.5 Å². The third-order valence-corrected chi connectivity index (χ3v) is 7.28. The average Bonchev–Trinajstić information content (AvgIpc) is 3.61. The molecule has 1 aliphatic heterocycles. The van der Waals surface area contributed by atoms with Gasteiger partial charge < -0.3 is 28.7 Å². The van der Waals surface area contributed by atoms with Crippen LogP contribution in [0.4, 0.5) is 14.9 Å². The number of likely N-dealkylation sites (N-methyl/N-ethyl adjacent to an activating group) is 1. The normalized spacial score (nSPS) is 15.2. The van der Waals surface area contributed by atoms with Crippen molar-refractivity contribution < 1.29 is 32.9 Å². The smallest absolute Gasteiger partial charge is 0.410 e. The van der Waals surface area contributed by atoms with E-state index >= 15 is 4.39 Å². The van der Waals surface area contributed by atoms with Gasteiger partial charge in [-0.05, 0) is 58.4 Å². The number of hydrogen-bond donors (Lipinski definition) is 0. The predicted octanol–water partition coefficient (Wildman–Crippen LogP) is 4.93. The van der Waals surface area contributed by atoms with Gasteiger partial charge >= 0.3 is 12.1 Å². The van der Waals surface area contributed by atoms with Gasteiger partial charge in [0.2, 0.25) is 0 Å². The number of benzene rings is 2. The molecule has 2 aromatic heterocycles. The topological polar surface area (TPSA) is 121 Å². The fourth-order valence-electron chi connectivity index (χ4n) is 5.22. The van der Waals surface area contributed by atoms with Crippen molar-refractivity contribution in [2.45, 2.75) is 45.8 Å². The molecule has 0 bridgehead atoms. The van der Waals surface area contributed by atoms with E-state index in [1.165, 1.54) is 11.8 Å². The molecule has 1 saturated heterocycles. The second-order valence-corrected chi connectivity index (χ2v) is 11.7. The van der Waals surface area contributed by atoms with Crippen molar-refractivity contribution in [3.8, 4) is 17.1 Å². The monoisotopic (exact) mass is 608 g/mol. The van der Waals surface area contributed by atoms with Crippen LogP contribution < -0.4 is 9.64 Å². The van der Waals surface area contributed by atoms with Crippen molar-refractivity contribution in [1.82, 2.24) is 24.6 Å². The number of rotatable bonds is 8. The maximum atomic E-state index is 15.6. The van der Waals surface area contributed by atoms with Gasteiger partial charge in [0.15, 0.2) is 29.9 Å². The molecule has 1 aliphatic rings. The number of hydrogen-bond acceptors (Lipinski definition) is 10. The molecule has 0 aliphatic carbocycles. The molecule has 2 aromatic carbocycles. The van der Waals surface area contributed by atoms with Crippen molar-refractivity contribution in [2.24, 2.45) is 7.05 Å². The molecule has 1 fully saturated rings. The van der Waals surface area contributed by atoms with Gasteiger partial charge in [-0.1, -0.05) is 0 Å². The Morgan fingerprint density at radius 2 is 1.95 bits per heavy atom. The third-order valence-electron chi connectivity index (χ3n) is 7.28. The van der Waals surface area contributed by atoms with Gasteiger partial charge in [-0.3, -0.25) is 4.68 Å². The molecule has 12 nitrogen and oxygen atoms in total. The molecule has 1 amide bonds. The number of methoxy groups -OCH3 is 1. The molecule has 234 valence electrons. The quantitative estimate of drug-likeness (QED) is 0.201. The van der Waals surface area contributed by atoms with Crippen molar-refractivity contribution in [1.29, 1.82) is 0 Å². The number of aromatic nitrogens is 4. The maximum absolute atomic E-state index is 15.6. The number of carbonyl (C=O) groups excluding carboxylic acids is 2. The van der Waals surface area contributed by atoms with E-state index in [1.807, 2.05) is 32.9 Å². The van der Waals surface area contributed by atoms with Crippen LogP contribution in [0.3, 0.4) is 0 Å². The number of halogens is 1. The predicted molar refractivity (Wildman–Crippen MR) is 162 cm³/mol. The standard InChI is InChI=1S/C31H37FN6O6/c1-8-42-29(39)26-21-14-19(38-12-11-20(16-38)37(6)30(40)44-31(2,3)4)9-10-23(21)33-28(34-26)22-13-18-15-36(5)35-25(18)24(32)27(22)43-17-41-7/h9-10,13-15,20H,8,11-12,16-17H2,1-7H3/t20-/m1/s1. The van der Waals surface area contributed by atoms with Crippen LogP contribution in [-0.4, -0.2) is 89.0 Å². The molecule has 4 aromatic rings. The van der Waals surface area contributed by atoms with E-state index in [-0.39, 0.29) is 53.9 Å². The first-order valence-corrected chi connectivity index (χ1v) is 14.4. The zero-order valence-electron chi connectivity index (χ0n) is 26.0. The fraction of sp³-hybridized carbons (Fsp3) is 0.452. The third kappa shape index (κ3) is 6.23. The van der Waals surface area contributed by atoms with Crippen LogP contribution in [0.1, 0.15) is 44.6 Å². The molecule has 0 spiro atoms. The van der Waals surface area contributed by atoms with Crippen molar-refractivity contribution in [2.75, 3.05) is 45.5 Å². The number of carbonyl (C=O) groups is 2. The second-order valence-electron chi connectivity index (χ2n) is 11.7. The minimum absolute atomic E-state index is 0.0414. The molecule has 0 N–H and O–H groups in total. The van der Waals surface area contributed by atoms with Crippen molar-refractivity contribution in [3.63, 3.8) is 0 Å². The first-order chi connectivity index (χ1) is 20.9. The van der Waals surface area contributed by atoms with E-state index in [1.54, 1.807) is 44.2 Å². The summed E-state index contributed by atoms with van der Waals surface area (Å²) in [5, 5.41) is 5.20. The lowest BCUT2D eigenvalue weighted by atomic mass is 10.1. The van der Waals surface area contributed by atoms with Gasteiger partial charge in [0.05, 0.1) is 23.7 Å². The fourth-order valence-corrected chi connectivity index (χ4v) is 5.22. The van der Waals surface area contributed by atoms with Gasteiger partial charge in [0, 0.05) is 57.0 Å². The highest BCUT2D eigenvalue weighted by molar-refractivity contribution is 6.03. The van der Waals surface area contributed by atoms with Crippen molar-refractivity contribution >= 4 is 39.6 Å². The molecule has 0 unspecified atom stereocenters. The lowest BCUT2D eigenvalue weighted by molar-refractivity contribution is 0.0237. The highest BCUT2D eigenvalue weighted by Gasteiger charge is 2.32. The Balaban J connectivity index is 1.54. The summed E-state index contributed by atoms with van der Waals surface area (Å²) in [5.74, 6) is -1.37. The summed E-state index contributed by atoms with van der Waals surface area (Å²) in [6.45, 7) is 8.43. The number of anilines is 1. The zero-order chi connectivity index (χ0) is 31.8. The first-order valence-electron chi connectivity index (χ1n) is 14.4. The largest absolute Gasteiger partial charge is 0.464 e. The summed E-state index contributed by atoms with van der Waals surface area (Å²) in [6, 6.07) is 7.15. The minimum atomic E-state index is -0.688. The lowest BCUT2D eigenvalue weighted by Gasteiger charge is -2.29. The van der Waals surface area contributed by atoms with Gasteiger partial charge in [0.1, 0.15) is 11.1 Å². The first kappa shape index (κ1) is 30.9. The van der Waals surface area contributed by atoms with Crippen LogP contribution in [0.2, 0.25) is 0 Å². The highest BCUT2D eigenvalue weighted by Crippen LogP contribution is 2.37. The maximum Gasteiger partial charge on any atom is 0.410 e. The summed E-state index contributed by atoms with van der Waals surface area (Å²) in [5.41, 5.74) is 1.12. The Kier molecular flexibility index (Phi) is 8.60. The summed E-state index contributed by atoms with van der Waals surface area (Å²) >= 11 is 0. The number of aryl methyl sites for hydroxylation is 1. The van der Waals surface area contributed by atoms with Gasteiger partial charge in [0.25, 0.3) is 0 Å². The van der Waals surface area contributed by atoms with Crippen LogP contribution in [0.25, 0.3) is 33.2 Å². The van der Waals surface area contributed by atoms with Crippen molar-refractivity contribution in [3.05, 3.63) is 42.0 Å². The zero-order valence-corrected chi connectivity index (χ0v) is 26.0. The van der Waals surface area contributed by atoms with Gasteiger partial charge in [-0.15, -0.1) is 0 Å². The lowest BCUT2D eigenvalue weighted by Crippen LogP contribution is -2.42. The van der Waals surface area contributed by atoms with Crippen LogP contribution in [0.5, 0.6) is 5.75 Å². The highest BCUT2D eigenvalue weighted by atomic mass is 19.1. The molecule has 5 rings (SSSR count). The molecule has 0 radical (unpaired) electrons. The van der Waals surface area contributed by atoms with Gasteiger partial charge in [-0.25, -0.2) is 23.9 Å². The Morgan fingerprint density at radius 3 is 2.66 bits per heavy atom. The Hall–Kier alpha value is -4.52. The van der Waals surface area contributed by atoms with E-state index in [9.17, 15) is 9.59 Å². The average molecular weight is 609 g/mol. The number of nitrogens with zero attached hydrogens (tertiary/aromatic N) is 6. The van der Waals surface area contributed by atoms with E-state index in [2.05, 4.69) is 15.0 Å². The molecule has 3 heterocycles. The second kappa shape index (κ2) is 12.2. The SMILES string of the molecule is CCOC(=O)c1nc(-c2cc3cn(C)nc3c(F)c2OCOC)nc2ccc(N3CC[C@@H](N(C)C(=O)OC(C)(C)C)C3)cc12. The molecule has 1 atom stereocenters. The van der Waals surface area contributed by atoms with Crippen LogP contribution in [0, 0.1) is 5.82 Å². The number of amides is 1. The summed E-state index contributed by atoms with van der Waals surface area (Å²) < 4.78 is 38.7. The number of fused-ring (bicyclic) bond motifs is 2. The minimum Gasteiger partial charge on any atom is -0.464 e. The molecule has 0 saturated carbocycles. The van der Waals surface area contributed by atoms with Crippen LogP contribution >= 0.6 is 0 Å². The van der Waals surface area contributed by atoms with E-state index in [4.69, 9.17) is 23.9 Å². The number of esters is 1. The van der Waals surface area contributed by atoms with E-state index in [0.717, 1.165) is 12.1 Å². The number of ether oxygens (including phenoxy) is 4. The molecular formula is C31H37FN6O6. The molecular weight excluding hydrogens is 571 g/mol. The summed E-state index contributed by atoms with van der Waals surface area (Å²) in [7, 11) is 4.86. The van der Waals surface area contributed by atoms with E-state index < -0.39 is 17.4 Å². The van der Waals surface area contributed by atoms with Crippen LogP contribution in [-0.2, 0) is 21.3 Å². The molecule has 44 heavy (non-hydrogen) atoms. The summed E-state index contributed by atoms with van der Waals surface area (Å²) in [6.07, 6.45) is 2.05. The Labute approximate surface area is 254 Å². The van der Waals surface area contributed by atoms with E-state index in [0.29, 0.717) is 29.4 Å².